The number of benzene rings is 2. The lowest BCUT2D eigenvalue weighted by Crippen LogP contribution is -2.54. The van der Waals surface area contributed by atoms with Crippen LogP contribution in [0.2, 0.25) is 0 Å². The van der Waals surface area contributed by atoms with Crippen LogP contribution in [0.4, 0.5) is 10.5 Å². The average Bonchev–Trinajstić information content (AvgIpc) is 2.67. The number of nitrogens with zero attached hydrogens (tertiary/aromatic N) is 1. The first-order valence-corrected chi connectivity index (χ1v) is 9.22. The average molecular weight is 459 g/mol. The van der Waals surface area contributed by atoms with Gasteiger partial charge in [0, 0.05) is 4.47 Å². The number of amides is 4. The van der Waals surface area contributed by atoms with Gasteiger partial charge < -0.3 is 9.84 Å². The first-order chi connectivity index (χ1) is 13.8. The van der Waals surface area contributed by atoms with E-state index in [0.717, 1.165) is 9.37 Å². The molecule has 2 N–H and O–H groups in total. The number of barbiturate groups is 1. The number of carbonyl (C=O) groups excluding carboxylic acids is 3. The van der Waals surface area contributed by atoms with Gasteiger partial charge in [-0.3, -0.25) is 14.9 Å². The van der Waals surface area contributed by atoms with Gasteiger partial charge in [-0.1, -0.05) is 28.1 Å². The summed E-state index contributed by atoms with van der Waals surface area (Å²) in [5.74, 6) is -2.32. The minimum Gasteiger partial charge on any atom is -0.479 e. The second-order valence-corrected chi connectivity index (χ2v) is 7.02. The Hall–Kier alpha value is -3.46. The highest BCUT2D eigenvalue weighted by Gasteiger charge is 2.36. The lowest BCUT2D eigenvalue weighted by molar-refractivity contribution is -0.144. The third kappa shape index (κ3) is 4.52. The van der Waals surface area contributed by atoms with Gasteiger partial charge in [-0.15, -0.1) is 0 Å². The van der Waals surface area contributed by atoms with Gasteiger partial charge in [-0.25, -0.2) is 14.5 Å². The Kier molecular flexibility index (Phi) is 5.79. The summed E-state index contributed by atoms with van der Waals surface area (Å²) in [6.07, 6.45) is 0.329. The summed E-state index contributed by atoms with van der Waals surface area (Å²) in [6, 6.07) is 11.8. The third-order valence-corrected chi connectivity index (χ3v) is 4.57. The van der Waals surface area contributed by atoms with Gasteiger partial charge in [0.05, 0.1) is 5.69 Å². The molecule has 1 unspecified atom stereocenters. The Labute approximate surface area is 173 Å². The topological polar surface area (TPSA) is 113 Å². The number of ether oxygens (including phenoxy) is 1. The first kappa shape index (κ1) is 20.3. The molecule has 3 rings (SSSR count). The molecule has 1 aliphatic heterocycles. The van der Waals surface area contributed by atoms with E-state index in [9.17, 15) is 19.2 Å². The number of hydrogen-bond donors (Lipinski definition) is 2. The zero-order chi connectivity index (χ0) is 21.1. The molecule has 1 heterocycles. The van der Waals surface area contributed by atoms with Crippen LogP contribution >= 0.6 is 15.9 Å². The Bertz CT molecular complexity index is 1010. The third-order valence-electron chi connectivity index (χ3n) is 4.04. The highest BCUT2D eigenvalue weighted by Crippen LogP contribution is 2.24. The summed E-state index contributed by atoms with van der Waals surface area (Å²) in [7, 11) is 0. The first-order valence-electron chi connectivity index (χ1n) is 8.43. The maximum atomic E-state index is 12.8. The summed E-state index contributed by atoms with van der Waals surface area (Å²) in [5, 5.41) is 11.0. The van der Waals surface area contributed by atoms with Crippen molar-refractivity contribution in [2.24, 2.45) is 0 Å². The molecule has 148 valence electrons. The second kappa shape index (κ2) is 8.27. The molecule has 1 aliphatic rings. The summed E-state index contributed by atoms with van der Waals surface area (Å²) in [4.78, 5) is 48.9. The van der Waals surface area contributed by atoms with Crippen LogP contribution < -0.4 is 15.0 Å². The van der Waals surface area contributed by atoms with Gasteiger partial charge in [0.25, 0.3) is 11.8 Å². The van der Waals surface area contributed by atoms with Crippen molar-refractivity contribution in [3.63, 3.8) is 0 Å². The van der Waals surface area contributed by atoms with Crippen molar-refractivity contribution < 1.29 is 29.0 Å². The molecule has 0 saturated carbocycles. The van der Waals surface area contributed by atoms with Crippen LogP contribution in [-0.2, 0) is 14.4 Å². The molecular formula is C20H15BrN2O6. The zero-order valence-corrected chi connectivity index (χ0v) is 16.7. The Morgan fingerprint density at radius 3 is 2.31 bits per heavy atom. The predicted octanol–water partition coefficient (Wildman–Crippen LogP) is 2.97. The van der Waals surface area contributed by atoms with E-state index in [4.69, 9.17) is 9.84 Å². The monoisotopic (exact) mass is 458 g/mol. The smallest absolute Gasteiger partial charge is 0.344 e. The highest BCUT2D eigenvalue weighted by molar-refractivity contribution is 9.10. The van der Waals surface area contributed by atoms with Crippen LogP contribution in [-0.4, -0.2) is 35.0 Å². The molecule has 1 atom stereocenters. The van der Waals surface area contributed by atoms with E-state index in [1.807, 2.05) is 0 Å². The molecule has 0 aliphatic carbocycles. The number of carboxylic acid groups (broad SMARTS) is 1. The van der Waals surface area contributed by atoms with Crippen LogP contribution in [0, 0.1) is 0 Å². The van der Waals surface area contributed by atoms with E-state index in [0.29, 0.717) is 17.0 Å². The molecule has 29 heavy (non-hydrogen) atoms. The standard InChI is InChI=1S/C20H15BrN2O6/c1-11(19(26)27)29-15-8-2-12(3-9-15)10-16-17(24)22-20(28)23(18(16)25)14-6-4-13(21)5-7-14/h2-11H,1H3,(H,26,27)(H,22,24,28). The van der Waals surface area contributed by atoms with Crippen LogP contribution in [0.1, 0.15) is 12.5 Å². The van der Waals surface area contributed by atoms with Crippen LogP contribution in [0.25, 0.3) is 6.08 Å². The Morgan fingerprint density at radius 2 is 1.72 bits per heavy atom. The molecule has 0 aromatic heterocycles. The van der Waals surface area contributed by atoms with Crippen molar-refractivity contribution in [3.05, 3.63) is 64.1 Å². The molecule has 1 saturated heterocycles. The minimum absolute atomic E-state index is 0.208. The fraction of sp³-hybridized carbons (Fsp3) is 0.100. The van der Waals surface area contributed by atoms with Gasteiger partial charge in [0.15, 0.2) is 6.10 Å². The fourth-order valence-corrected chi connectivity index (χ4v) is 2.81. The van der Waals surface area contributed by atoms with Crippen molar-refractivity contribution >= 4 is 51.5 Å². The molecule has 9 heteroatoms. The molecule has 8 nitrogen and oxygen atoms in total. The zero-order valence-electron chi connectivity index (χ0n) is 15.1. The lowest BCUT2D eigenvalue weighted by Gasteiger charge is -2.26. The maximum Gasteiger partial charge on any atom is 0.344 e. The van der Waals surface area contributed by atoms with Crippen LogP contribution in [0.15, 0.2) is 58.6 Å². The van der Waals surface area contributed by atoms with Gasteiger partial charge in [-0.2, -0.15) is 0 Å². The molecule has 4 amide bonds. The summed E-state index contributed by atoms with van der Waals surface area (Å²) in [5.41, 5.74) is 0.615. The number of nitrogens with one attached hydrogen (secondary N) is 1. The SMILES string of the molecule is CC(Oc1ccc(C=C2C(=O)NC(=O)N(c3ccc(Br)cc3)C2=O)cc1)C(=O)O. The van der Waals surface area contributed by atoms with E-state index < -0.39 is 29.9 Å². The number of urea groups is 1. The number of carbonyl (C=O) groups is 4. The number of aliphatic carboxylic acids is 1. The number of imide groups is 2. The number of rotatable bonds is 5. The molecule has 0 spiro atoms. The Morgan fingerprint density at radius 1 is 1.10 bits per heavy atom. The van der Waals surface area contributed by atoms with Crippen molar-refractivity contribution in [1.29, 1.82) is 0 Å². The lowest BCUT2D eigenvalue weighted by atomic mass is 10.1. The number of hydrogen-bond acceptors (Lipinski definition) is 5. The highest BCUT2D eigenvalue weighted by atomic mass is 79.9. The summed E-state index contributed by atoms with van der Waals surface area (Å²) < 4.78 is 6.01. The van der Waals surface area contributed by atoms with E-state index >= 15 is 0 Å². The summed E-state index contributed by atoms with van der Waals surface area (Å²) in [6.45, 7) is 1.40. The van der Waals surface area contributed by atoms with Crippen molar-refractivity contribution in [2.45, 2.75) is 13.0 Å². The largest absolute Gasteiger partial charge is 0.479 e. The van der Waals surface area contributed by atoms with Crippen LogP contribution in [0.3, 0.4) is 0 Å². The normalized spacial score (nSPS) is 16.6. The van der Waals surface area contributed by atoms with E-state index in [1.165, 1.54) is 25.1 Å². The minimum atomic E-state index is -1.10. The van der Waals surface area contributed by atoms with Crippen molar-refractivity contribution in [2.75, 3.05) is 4.90 Å². The van der Waals surface area contributed by atoms with Gasteiger partial charge in [-0.05, 0) is 55.0 Å². The second-order valence-electron chi connectivity index (χ2n) is 6.10. The summed E-state index contributed by atoms with van der Waals surface area (Å²) >= 11 is 3.28. The van der Waals surface area contributed by atoms with E-state index in [-0.39, 0.29) is 5.57 Å². The van der Waals surface area contributed by atoms with Crippen molar-refractivity contribution in [1.82, 2.24) is 5.32 Å². The van der Waals surface area contributed by atoms with E-state index in [1.54, 1.807) is 36.4 Å². The number of carboxylic acids is 1. The van der Waals surface area contributed by atoms with Crippen molar-refractivity contribution in [3.8, 4) is 5.75 Å². The molecule has 0 bridgehead atoms. The molecule has 0 radical (unpaired) electrons. The van der Waals surface area contributed by atoms with E-state index in [2.05, 4.69) is 21.2 Å². The number of halogens is 1. The number of anilines is 1. The molecule has 2 aromatic rings. The maximum absolute atomic E-state index is 12.8. The molecule has 1 fully saturated rings. The van der Waals surface area contributed by atoms with Gasteiger partial charge in [0.2, 0.25) is 0 Å². The predicted molar refractivity (Wildman–Crippen MR) is 107 cm³/mol. The molecule has 2 aromatic carbocycles. The van der Waals surface area contributed by atoms with Crippen LogP contribution in [0.5, 0.6) is 5.75 Å². The quantitative estimate of drug-likeness (QED) is 0.525. The van der Waals surface area contributed by atoms with Gasteiger partial charge in [0.1, 0.15) is 11.3 Å². The fourth-order valence-electron chi connectivity index (χ4n) is 2.55. The Balaban J connectivity index is 1.86. The molecular weight excluding hydrogens is 444 g/mol. The van der Waals surface area contributed by atoms with Gasteiger partial charge >= 0.3 is 12.0 Å².